The summed E-state index contributed by atoms with van der Waals surface area (Å²) < 4.78 is 36.8. The van der Waals surface area contributed by atoms with Crippen molar-refractivity contribution < 1.29 is 33.6 Å². The SMILES string of the molecule is COc1cc(Nc2ncc(F)c(Nc3ccc(O)c(O)c3O[C@@H]3CCC[C@H](N)C3)n2)cc(OC)c1OC. The first-order valence-corrected chi connectivity index (χ1v) is 11.7. The Bertz CT molecular complexity index is 1240. The van der Waals surface area contributed by atoms with Crippen LogP contribution in [0.2, 0.25) is 0 Å². The molecule has 1 saturated carbocycles. The fourth-order valence-electron chi connectivity index (χ4n) is 4.16. The number of anilines is 4. The number of halogens is 1. The van der Waals surface area contributed by atoms with Crippen molar-refractivity contribution in [2.75, 3.05) is 32.0 Å². The van der Waals surface area contributed by atoms with Gasteiger partial charge in [0.15, 0.2) is 34.6 Å². The van der Waals surface area contributed by atoms with E-state index in [2.05, 4.69) is 20.6 Å². The van der Waals surface area contributed by atoms with Gasteiger partial charge in [-0.3, -0.25) is 0 Å². The molecule has 12 heteroatoms. The number of hydrogen-bond acceptors (Lipinski definition) is 11. The van der Waals surface area contributed by atoms with Crippen molar-refractivity contribution in [3.05, 3.63) is 36.3 Å². The van der Waals surface area contributed by atoms with Gasteiger partial charge in [0.05, 0.1) is 33.2 Å². The highest BCUT2D eigenvalue weighted by Gasteiger charge is 2.25. The largest absolute Gasteiger partial charge is 0.504 e. The van der Waals surface area contributed by atoms with Crippen LogP contribution < -0.4 is 35.3 Å². The summed E-state index contributed by atoms with van der Waals surface area (Å²) >= 11 is 0. The number of nitrogens with one attached hydrogen (secondary N) is 2. The molecule has 1 fully saturated rings. The Labute approximate surface area is 213 Å². The lowest BCUT2D eigenvalue weighted by molar-refractivity contribution is 0.140. The molecule has 0 spiro atoms. The second-order valence-electron chi connectivity index (χ2n) is 8.53. The Balaban J connectivity index is 1.61. The van der Waals surface area contributed by atoms with Crippen molar-refractivity contribution in [1.82, 2.24) is 9.97 Å². The highest BCUT2D eigenvalue weighted by molar-refractivity contribution is 5.72. The van der Waals surface area contributed by atoms with Gasteiger partial charge in [-0.05, 0) is 37.8 Å². The Morgan fingerprint density at radius 2 is 1.73 bits per heavy atom. The lowest BCUT2D eigenvalue weighted by Gasteiger charge is -2.28. The Kier molecular flexibility index (Phi) is 7.87. The fraction of sp³-hybridized carbons (Fsp3) is 0.360. The average molecular weight is 516 g/mol. The summed E-state index contributed by atoms with van der Waals surface area (Å²) in [5.41, 5.74) is 6.78. The first-order chi connectivity index (χ1) is 17.8. The molecule has 0 unspecified atom stereocenters. The molecule has 1 aliphatic rings. The van der Waals surface area contributed by atoms with Gasteiger partial charge in [0.25, 0.3) is 0 Å². The number of methoxy groups -OCH3 is 3. The fourth-order valence-corrected chi connectivity index (χ4v) is 4.16. The van der Waals surface area contributed by atoms with E-state index in [1.165, 1.54) is 33.5 Å². The summed E-state index contributed by atoms with van der Waals surface area (Å²) in [4.78, 5) is 8.23. The van der Waals surface area contributed by atoms with E-state index in [4.69, 9.17) is 24.7 Å². The highest BCUT2D eigenvalue weighted by atomic mass is 19.1. The summed E-state index contributed by atoms with van der Waals surface area (Å²) in [7, 11) is 4.48. The molecule has 0 aliphatic heterocycles. The number of nitrogens with zero attached hydrogens (tertiary/aromatic N) is 2. The minimum absolute atomic E-state index is 0.0160. The molecule has 0 saturated heterocycles. The highest BCUT2D eigenvalue weighted by Crippen LogP contribution is 2.44. The number of phenols is 2. The quantitative estimate of drug-likeness (QED) is 0.206. The standard InChI is InChI=1S/C25H30FN5O6/c1-34-19-10-14(11-20(35-2)23(19)36-3)29-25-28-12-16(26)24(31-25)30-17-7-8-18(32)21(33)22(17)37-15-6-4-5-13(27)9-15/h7-8,10-13,15,32-33H,4-6,9,27H2,1-3H3,(H2,28,29,30,31)/t13-,15+/m0/s1. The smallest absolute Gasteiger partial charge is 0.229 e. The molecule has 0 bridgehead atoms. The van der Waals surface area contributed by atoms with E-state index in [9.17, 15) is 14.6 Å². The number of ether oxygens (including phenoxy) is 4. The molecule has 1 aromatic heterocycles. The van der Waals surface area contributed by atoms with Gasteiger partial charge in [-0.2, -0.15) is 4.98 Å². The number of nitrogens with two attached hydrogens (primary N) is 1. The molecule has 0 radical (unpaired) electrons. The maximum absolute atomic E-state index is 14.7. The van der Waals surface area contributed by atoms with Crippen LogP contribution in [0.4, 0.5) is 27.5 Å². The molecular weight excluding hydrogens is 485 g/mol. The zero-order valence-corrected chi connectivity index (χ0v) is 20.7. The molecule has 198 valence electrons. The minimum atomic E-state index is -0.742. The number of benzene rings is 2. The van der Waals surface area contributed by atoms with E-state index in [-0.39, 0.29) is 41.1 Å². The predicted octanol–water partition coefficient (Wildman–Crippen LogP) is 4.19. The van der Waals surface area contributed by atoms with Gasteiger partial charge in [-0.15, -0.1) is 0 Å². The molecule has 11 nitrogen and oxygen atoms in total. The number of aromatic nitrogens is 2. The minimum Gasteiger partial charge on any atom is -0.504 e. The second-order valence-corrected chi connectivity index (χ2v) is 8.53. The predicted molar refractivity (Wildman–Crippen MR) is 135 cm³/mol. The van der Waals surface area contributed by atoms with E-state index in [0.29, 0.717) is 29.4 Å². The summed E-state index contributed by atoms with van der Waals surface area (Å²) in [5, 5.41) is 26.4. The van der Waals surface area contributed by atoms with Gasteiger partial charge in [-0.25, -0.2) is 9.37 Å². The lowest BCUT2D eigenvalue weighted by atomic mass is 9.93. The third-order valence-electron chi connectivity index (χ3n) is 5.98. The van der Waals surface area contributed by atoms with Crippen LogP contribution in [0.5, 0.6) is 34.5 Å². The van der Waals surface area contributed by atoms with Crippen LogP contribution >= 0.6 is 0 Å². The summed E-state index contributed by atoms with van der Waals surface area (Å²) in [6.45, 7) is 0. The molecule has 1 aliphatic carbocycles. The Morgan fingerprint density at radius 3 is 2.38 bits per heavy atom. The van der Waals surface area contributed by atoms with Crippen LogP contribution in [0.1, 0.15) is 25.7 Å². The van der Waals surface area contributed by atoms with Gasteiger partial charge in [-0.1, -0.05) is 0 Å². The van der Waals surface area contributed by atoms with Gasteiger partial charge in [0.1, 0.15) is 6.10 Å². The van der Waals surface area contributed by atoms with Crippen LogP contribution in [-0.2, 0) is 0 Å². The molecule has 37 heavy (non-hydrogen) atoms. The molecule has 2 aromatic carbocycles. The van der Waals surface area contributed by atoms with E-state index < -0.39 is 11.6 Å². The van der Waals surface area contributed by atoms with Gasteiger partial charge >= 0.3 is 0 Å². The van der Waals surface area contributed by atoms with Crippen molar-refractivity contribution in [2.45, 2.75) is 37.8 Å². The third kappa shape index (κ3) is 5.80. The Hall–Kier alpha value is -4.19. The van der Waals surface area contributed by atoms with Crippen LogP contribution in [0.25, 0.3) is 0 Å². The summed E-state index contributed by atoms with van der Waals surface area (Å²) in [6, 6.07) is 6.02. The third-order valence-corrected chi connectivity index (χ3v) is 5.98. The molecule has 3 aromatic rings. The van der Waals surface area contributed by atoms with Crippen molar-refractivity contribution in [1.29, 1.82) is 0 Å². The zero-order chi connectivity index (χ0) is 26.5. The second kappa shape index (κ2) is 11.2. The molecule has 2 atom stereocenters. The van der Waals surface area contributed by atoms with Gasteiger partial charge in [0, 0.05) is 23.9 Å². The number of hydrogen-bond donors (Lipinski definition) is 5. The van der Waals surface area contributed by atoms with Gasteiger partial charge in [0.2, 0.25) is 17.4 Å². The maximum atomic E-state index is 14.7. The summed E-state index contributed by atoms with van der Waals surface area (Å²) in [6.07, 6.45) is 3.85. The monoisotopic (exact) mass is 515 g/mol. The lowest BCUT2D eigenvalue weighted by Crippen LogP contribution is -2.33. The normalized spacial score (nSPS) is 17.1. The first kappa shape index (κ1) is 25.9. The Morgan fingerprint density at radius 1 is 1.00 bits per heavy atom. The van der Waals surface area contributed by atoms with Crippen molar-refractivity contribution in [3.8, 4) is 34.5 Å². The van der Waals surface area contributed by atoms with Crippen LogP contribution in [-0.4, -0.2) is 53.7 Å². The molecule has 6 N–H and O–H groups in total. The topological polar surface area (TPSA) is 153 Å². The van der Waals surface area contributed by atoms with Crippen molar-refractivity contribution >= 4 is 23.1 Å². The van der Waals surface area contributed by atoms with Crippen LogP contribution in [0.15, 0.2) is 30.5 Å². The van der Waals surface area contributed by atoms with E-state index in [1.54, 1.807) is 12.1 Å². The van der Waals surface area contributed by atoms with Crippen LogP contribution in [0.3, 0.4) is 0 Å². The molecule has 1 heterocycles. The maximum Gasteiger partial charge on any atom is 0.229 e. The van der Waals surface area contributed by atoms with Crippen LogP contribution in [0, 0.1) is 5.82 Å². The number of phenolic OH excluding ortho intramolecular Hbond substituents is 2. The van der Waals surface area contributed by atoms with E-state index >= 15 is 0 Å². The zero-order valence-electron chi connectivity index (χ0n) is 20.7. The first-order valence-electron chi connectivity index (χ1n) is 11.7. The van der Waals surface area contributed by atoms with Crippen molar-refractivity contribution in [3.63, 3.8) is 0 Å². The average Bonchev–Trinajstić information content (AvgIpc) is 2.89. The molecule has 0 amide bonds. The van der Waals surface area contributed by atoms with Gasteiger partial charge < -0.3 is 45.5 Å². The van der Waals surface area contributed by atoms with E-state index in [1.807, 2.05) is 0 Å². The molecule has 4 rings (SSSR count). The van der Waals surface area contributed by atoms with Crippen molar-refractivity contribution in [2.24, 2.45) is 5.73 Å². The number of rotatable bonds is 9. The molecular formula is C25H30FN5O6. The number of aromatic hydroxyl groups is 2. The van der Waals surface area contributed by atoms with E-state index in [0.717, 1.165) is 25.5 Å². The summed E-state index contributed by atoms with van der Waals surface area (Å²) in [5.74, 6) is -0.464.